The smallest absolute Gasteiger partial charge is 0.255 e. The van der Waals surface area contributed by atoms with Crippen LogP contribution < -0.4 is 10.6 Å². The Morgan fingerprint density at radius 1 is 1.33 bits per heavy atom. The molecule has 0 bridgehead atoms. The first-order chi connectivity index (χ1) is 10.3. The molecule has 0 aliphatic heterocycles. The molecule has 2 rings (SSSR count). The Balaban J connectivity index is 2.03. The molecule has 0 radical (unpaired) electrons. The van der Waals surface area contributed by atoms with E-state index in [0.29, 0.717) is 12.1 Å². The first-order valence-corrected chi connectivity index (χ1v) is 8.15. The number of nitrogens with zero attached hydrogens (tertiary/aromatic N) is 1. The van der Waals surface area contributed by atoms with Crippen LogP contribution in [0.15, 0.2) is 29.9 Å². The number of anilines is 1. The fraction of sp³-hybridized carbons (Fsp3) is 0.375. The number of hydrogen-bond acceptors (Lipinski definition) is 4. The van der Waals surface area contributed by atoms with E-state index in [0.717, 1.165) is 25.1 Å². The van der Waals surface area contributed by atoms with Crippen molar-refractivity contribution in [3.05, 3.63) is 45.9 Å². The van der Waals surface area contributed by atoms with Gasteiger partial charge in [-0.15, -0.1) is 11.3 Å². The van der Waals surface area contributed by atoms with E-state index in [9.17, 15) is 4.79 Å². The number of pyridine rings is 1. The van der Waals surface area contributed by atoms with Gasteiger partial charge < -0.3 is 10.6 Å². The second kappa shape index (κ2) is 7.78. The Bertz CT molecular complexity index is 595. The number of hydrogen-bond donors (Lipinski definition) is 2. The van der Waals surface area contributed by atoms with Crippen molar-refractivity contribution in [2.45, 2.75) is 33.2 Å². The van der Waals surface area contributed by atoms with Crippen molar-refractivity contribution in [2.24, 2.45) is 0 Å². The SMILES string of the molecule is CCCNc1ccncc1C(=O)NCc1sccc1CC. The van der Waals surface area contributed by atoms with Gasteiger partial charge in [0.05, 0.1) is 17.8 Å². The Kier molecular flexibility index (Phi) is 5.75. The summed E-state index contributed by atoms with van der Waals surface area (Å²) in [5.41, 5.74) is 2.74. The lowest BCUT2D eigenvalue weighted by molar-refractivity contribution is 0.0951. The molecule has 2 aromatic rings. The molecule has 0 spiro atoms. The highest BCUT2D eigenvalue weighted by atomic mass is 32.1. The van der Waals surface area contributed by atoms with E-state index in [1.54, 1.807) is 23.7 Å². The van der Waals surface area contributed by atoms with Crippen molar-refractivity contribution in [3.8, 4) is 0 Å². The molecule has 0 saturated carbocycles. The van der Waals surface area contributed by atoms with E-state index in [2.05, 4.69) is 40.9 Å². The lowest BCUT2D eigenvalue weighted by Crippen LogP contribution is -2.24. The van der Waals surface area contributed by atoms with Crippen molar-refractivity contribution in [2.75, 3.05) is 11.9 Å². The predicted molar refractivity (Wildman–Crippen MR) is 87.9 cm³/mol. The van der Waals surface area contributed by atoms with Crippen LogP contribution in [-0.2, 0) is 13.0 Å². The number of nitrogens with one attached hydrogen (secondary N) is 2. The number of thiophene rings is 1. The van der Waals surface area contributed by atoms with Crippen LogP contribution in [0.3, 0.4) is 0 Å². The third kappa shape index (κ3) is 4.04. The first-order valence-electron chi connectivity index (χ1n) is 7.27. The van der Waals surface area contributed by atoms with Gasteiger partial charge in [0.1, 0.15) is 0 Å². The third-order valence-electron chi connectivity index (χ3n) is 3.26. The second-order valence-electron chi connectivity index (χ2n) is 4.75. The highest BCUT2D eigenvalue weighted by Crippen LogP contribution is 2.18. The molecule has 2 heterocycles. The van der Waals surface area contributed by atoms with Crippen molar-refractivity contribution >= 4 is 22.9 Å². The molecular formula is C16H21N3OS. The normalized spacial score (nSPS) is 10.4. The topological polar surface area (TPSA) is 54.0 Å². The second-order valence-corrected chi connectivity index (χ2v) is 5.75. The number of aryl methyl sites for hydroxylation is 1. The van der Waals surface area contributed by atoms with Crippen LogP contribution in [0.4, 0.5) is 5.69 Å². The van der Waals surface area contributed by atoms with Crippen LogP contribution in [0, 0.1) is 0 Å². The van der Waals surface area contributed by atoms with Gasteiger partial charge in [0.2, 0.25) is 0 Å². The zero-order chi connectivity index (χ0) is 15.1. The van der Waals surface area contributed by atoms with E-state index in [1.807, 2.05) is 6.07 Å². The molecule has 1 amide bonds. The van der Waals surface area contributed by atoms with Gasteiger partial charge in [-0.1, -0.05) is 13.8 Å². The van der Waals surface area contributed by atoms with E-state index in [-0.39, 0.29) is 5.91 Å². The molecule has 0 saturated heterocycles. The number of amides is 1. The average molecular weight is 303 g/mol. The van der Waals surface area contributed by atoms with Gasteiger partial charge in [-0.05, 0) is 35.9 Å². The lowest BCUT2D eigenvalue weighted by Gasteiger charge is -2.11. The summed E-state index contributed by atoms with van der Waals surface area (Å²) < 4.78 is 0. The van der Waals surface area contributed by atoms with Crippen molar-refractivity contribution in [1.82, 2.24) is 10.3 Å². The first kappa shape index (κ1) is 15.5. The van der Waals surface area contributed by atoms with Crippen molar-refractivity contribution < 1.29 is 4.79 Å². The van der Waals surface area contributed by atoms with Gasteiger partial charge in [-0.3, -0.25) is 9.78 Å². The quantitative estimate of drug-likeness (QED) is 0.823. The molecule has 0 aromatic carbocycles. The van der Waals surface area contributed by atoms with Gasteiger partial charge in [-0.2, -0.15) is 0 Å². The predicted octanol–water partition coefficient (Wildman–Crippen LogP) is 3.46. The summed E-state index contributed by atoms with van der Waals surface area (Å²) in [5.74, 6) is -0.0860. The molecule has 4 nitrogen and oxygen atoms in total. The number of carbonyl (C=O) groups is 1. The monoisotopic (exact) mass is 303 g/mol. The number of carbonyl (C=O) groups excluding carboxylic acids is 1. The highest BCUT2D eigenvalue weighted by molar-refractivity contribution is 7.10. The Labute approximate surface area is 129 Å². The van der Waals surface area contributed by atoms with Gasteiger partial charge in [0, 0.05) is 23.8 Å². The summed E-state index contributed by atoms with van der Waals surface area (Å²) in [6.45, 7) is 5.63. The van der Waals surface area contributed by atoms with E-state index in [1.165, 1.54) is 10.4 Å². The molecule has 2 aromatic heterocycles. The van der Waals surface area contributed by atoms with Gasteiger partial charge in [0.15, 0.2) is 0 Å². The zero-order valence-electron chi connectivity index (χ0n) is 12.5. The lowest BCUT2D eigenvalue weighted by atomic mass is 10.2. The summed E-state index contributed by atoms with van der Waals surface area (Å²) in [7, 11) is 0. The maximum atomic E-state index is 12.3. The molecule has 112 valence electrons. The maximum absolute atomic E-state index is 12.3. The minimum absolute atomic E-state index is 0.0860. The maximum Gasteiger partial charge on any atom is 0.255 e. The number of rotatable bonds is 7. The summed E-state index contributed by atoms with van der Waals surface area (Å²) in [5, 5.41) is 8.31. The standard InChI is InChI=1S/C16H21N3OS/c1-3-7-18-14-5-8-17-10-13(14)16(20)19-11-15-12(4-2)6-9-21-15/h5-6,8-10H,3-4,7,11H2,1-2H3,(H,17,18)(H,19,20). The highest BCUT2D eigenvalue weighted by Gasteiger charge is 2.12. The minimum atomic E-state index is -0.0860. The Morgan fingerprint density at radius 3 is 2.95 bits per heavy atom. The average Bonchev–Trinajstić information content (AvgIpc) is 2.98. The van der Waals surface area contributed by atoms with Crippen LogP contribution in [0.1, 0.15) is 41.1 Å². The molecule has 2 N–H and O–H groups in total. The van der Waals surface area contributed by atoms with Crippen molar-refractivity contribution in [1.29, 1.82) is 0 Å². The van der Waals surface area contributed by atoms with Crippen LogP contribution in [0.2, 0.25) is 0 Å². The largest absolute Gasteiger partial charge is 0.384 e. The summed E-state index contributed by atoms with van der Waals surface area (Å²) in [6, 6.07) is 3.96. The summed E-state index contributed by atoms with van der Waals surface area (Å²) >= 11 is 1.68. The van der Waals surface area contributed by atoms with Crippen molar-refractivity contribution in [3.63, 3.8) is 0 Å². The van der Waals surface area contributed by atoms with Crippen LogP contribution in [0.5, 0.6) is 0 Å². The fourth-order valence-electron chi connectivity index (χ4n) is 2.08. The molecule has 0 atom stereocenters. The number of aromatic nitrogens is 1. The van der Waals surface area contributed by atoms with E-state index >= 15 is 0 Å². The minimum Gasteiger partial charge on any atom is -0.384 e. The molecule has 21 heavy (non-hydrogen) atoms. The third-order valence-corrected chi connectivity index (χ3v) is 4.22. The molecule has 0 fully saturated rings. The fourth-order valence-corrected chi connectivity index (χ4v) is 3.00. The molecule has 0 aliphatic carbocycles. The van der Waals surface area contributed by atoms with E-state index in [4.69, 9.17) is 0 Å². The van der Waals surface area contributed by atoms with Gasteiger partial charge in [-0.25, -0.2) is 0 Å². The van der Waals surface area contributed by atoms with Crippen LogP contribution >= 0.6 is 11.3 Å². The Morgan fingerprint density at radius 2 is 2.19 bits per heavy atom. The molecular weight excluding hydrogens is 282 g/mol. The van der Waals surface area contributed by atoms with Gasteiger partial charge in [0.25, 0.3) is 5.91 Å². The van der Waals surface area contributed by atoms with E-state index < -0.39 is 0 Å². The molecule has 5 heteroatoms. The van der Waals surface area contributed by atoms with Gasteiger partial charge >= 0.3 is 0 Å². The molecule has 0 unspecified atom stereocenters. The molecule has 0 aliphatic rings. The van der Waals surface area contributed by atoms with Crippen LogP contribution in [-0.4, -0.2) is 17.4 Å². The Hall–Kier alpha value is -1.88. The zero-order valence-corrected chi connectivity index (χ0v) is 13.3. The van der Waals surface area contributed by atoms with Crippen LogP contribution in [0.25, 0.3) is 0 Å². The summed E-state index contributed by atoms with van der Waals surface area (Å²) in [4.78, 5) is 17.6. The summed E-state index contributed by atoms with van der Waals surface area (Å²) in [6.07, 6.45) is 5.31.